The van der Waals surface area contributed by atoms with Crippen LogP contribution >= 0.6 is 0 Å². The van der Waals surface area contributed by atoms with E-state index in [0.717, 1.165) is 19.6 Å². The lowest BCUT2D eigenvalue weighted by Gasteiger charge is -2.22. The molecule has 2 atom stereocenters. The van der Waals surface area contributed by atoms with Gasteiger partial charge in [-0.05, 0) is 43.9 Å². The van der Waals surface area contributed by atoms with E-state index in [1.807, 2.05) is 38.4 Å². The van der Waals surface area contributed by atoms with Crippen LogP contribution in [0.5, 0.6) is 0 Å². The average molecular weight is 399 g/mol. The predicted octanol–water partition coefficient (Wildman–Crippen LogP) is 1.90. The predicted molar refractivity (Wildman–Crippen MR) is 109 cm³/mol. The standard InChI is InChI=1S/C21H26N4O2S/c1-24(2)14-19-15-25(13-18-6-4-3-5-7-18)16-21(19)23-28(26,27)20-10-8-17(12-22)9-11-20/h3-11,19,21,23H,13-16H2,1-2H3/t19-,21-/m1/s1. The van der Waals surface area contributed by atoms with Crippen LogP contribution in [0.25, 0.3) is 0 Å². The minimum Gasteiger partial charge on any atom is -0.309 e. The first kappa shape index (κ1) is 20.5. The van der Waals surface area contributed by atoms with E-state index in [9.17, 15) is 8.42 Å². The fourth-order valence-electron chi connectivity index (χ4n) is 3.69. The van der Waals surface area contributed by atoms with Gasteiger partial charge in [0, 0.05) is 38.1 Å². The highest BCUT2D eigenvalue weighted by Gasteiger charge is 2.35. The summed E-state index contributed by atoms with van der Waals surface area (Å²) in [6.45, 7) is 3.13. The molecule has 0 unspecified atom stereocenters. The second-order valence-corrected chi connectivity index (χ2v) is 9.28. The quantitative estimate of drug-likeness (QED) is 0.771. The summed E-state index contributed by atoms with van der Waals surface area (Å²) in [5.74, 6) is 0.201. The first-order chi connectivity index (χ1) is 13.4. The minimum absolute atomic E-state index is 0.160. The summed E-state index contributed by atoms with van der Waals surface area (Å²) in [5, 5.41) is 8.90. The summed E-state index contributed by atoms with van der Waals surface area (Å²) in [6, 6.07) is 18.1. The normalized spacial score (nSPS) is 20.4. The maximum absolute atomic E-state index is 12.9. The van der Waals surface area contributed by atoms with Crippen molar-refractivity contribution in [2.45, 2.75) is 17.5 Å². The highest BCUT2D eigenvalue weighted by molar-refractivity contribution is 7.89. The van der Waals surface area contributed by atoms with E-state index in [1.54, 1.807) is 0 Å². The third-order valence-corrected chi connectivity index (χ3v) is 6.47. The minimum atomic E-state index is -3.64. The van der Waals surface area contributed by atoms with Crippen molar-refractivity contribution >= 4 is 10.0 Å². The van der Waals surface area contributed by atoms with Crippen LogP contribution in [0.2, 0.25) is 0 Å². The Kier molecular flexibility index (Phi) is 6.47. The Balaban J connectivity index is 1.74. The molecule has 0 amide bonds. The molecule has 7 heteroatoms. The average Bonchev–Trinajstić information content (AvgIpc) is 3.02. The highest BCUT2D eigenvalue weighted by atomic mass is 32.2. The first-order valence-corrected chi connectivity index (χ1v) is 10.8. The summed E-state index contributed by atoms with van der Waals surface area (Å²) >= 11 is 0. The van der Waals surface area contributed by atoms with E-state index in [0.29, 0.717) is 12.1 Å². The van der Waals surface area contributed by atoms with Gasteiger partial charge in [-0.15, -0.1) is 0 Å². The Bertz CT molecular complexity index is 921. The van der Waals surface area contributed by atoms with Gasteiger partial charge >= 0.3 is 0 Å². The van der Waals surface area contributed by atoms with Crippen LogP contribution in [0, 0.1) is 17.2 Å². The molecule has 1 heterocycles. The molecule has 1 fully saturated rings. The van der Waals surface area contributed by atoms with Crippen molar-refractivity contribution in [3.8, 4) is 6.07 Å². The zero-order valence-electron chi connectivity index (χ0n) is 16.2. The second-order valence-electron chi connectivity index (χ2n) is 7.57. The van der Waals surface area contributed by atoms with Crippen molar-refractivity contribution in [1.29, 1.82) is 5.26 Å². The SMILES string of the molecule is CN(C)C[C@@H]1CN(Cc2ccccc2)C[C@H]1NS(=O)(=O)c1ccc(C#N)cc1. The van der Waals surface area contributed by atoms with Gasteiger partial charge < -0.3 is 4.90 Å². The van der Waals surface area contributed by atoms with Gasteiger partial charge in [-0.2, -0.15) is 5.26 Å². The Morgan fingerprint density at radius 2 is 1.79 bits per heavy atom. The van der Waals surface area contributed by atoms with E-state index in [1.165, 1.54) is 29.8 Å². The molecule has 0 radical (unpaired) electrons. The Labute approximate surface area is 167 Å². The number of hydrogen-bond acceptors (Lipinski definition) is 5. The van der Waals surface area contributed by atoms with Crippen LogP contribution in [0.1, 0.15) is 11.1 Å². The summed E-state index contributed by atoms with van der Waals surface area (Å²) in [7, 11) is 0.374. The molecule has 2 aromatic carbocycles. The number of rotatable bonds is 7. The number of nitrogens with one attached hydrogen (secondary N) is 1. The molecule has 1 aliphatic rings. The number of hydrogen-bond donors (Lipinski definition) is 1. The topological polar surface area (TPSA) is 76.4 Å². The van der Waals surface area contributed by atoms with Crippen molar-refractivity contribution in [1.82, 2.24) is 14.5 Å². The van der Waals surface area contributed by atoms with Crippen molar-refractivity contribution < 1.29 is 8.42 Å². The third-order valence-electron chi connectivity index (χ3n) is 4.97. The van der Waals surface area contributed by atoms with Gasteiger partial charge in [0.1, 0.15) is 0 Å². The van der Waals surface area contributed by atoms with Crippen molar-refractivity contribution in [3.63, 3.8) is 0 Å². The summed E-state index contributed by atoms with van der Waals surface area (Å²) in [4.78, 5) is 4.59. The maximum Gasteiger partial charge on any atom is 0.240 e. The molecule has 28 heavy (non-hydrogen) atoms. The highest BCUT2D eigenvalue weighted by Crippen LogP contribution is 2.22. The Morgan fingerprint density at radius 3 is 2.39 bits per heavy atom. The number of benzene rings is 2. The lowest BCUT2D eigenvalue weighted by atomic mass is 10.0. The molecule has 1 saturated heterocycles. The van der Waals surface area contributed by atoms with Crippen molar-refractivity contribution in [3.05, 3.63) is 65.7 Å². The molecule has 6 nitrogen and oxygen atoms in total. The number of nitriles is 1. The smallest absolute Gasteiger partial charge is 0.240 e. The number of nitrogens with zero attached hydrogens (tertiary/aromatic N) is 3. The van der Waals surface area contributed by atoms with E-state index in [-0.39, 0.29) is 16.9 Å². The first-order valence-electron chi connectivity index (χ1n) is 9.31. The lowest BCUT2D eigenvalue weighted by molar-refractivity contribution is 0.283. The third kappa shape index (κ3) is 5.18. The Morgan fingerprint density at radius 1 is 1.11 bits per heavy atom. The van der Waals surface area contributed by atoms with E-state index in [4.69, 9.17) is 5.26 Å². The van der Waals surface area contributed by atoms with E-state index >= 15 is 0 Å². The zero-order chi connectivity index (χ0) is 20.1. The number of likely N-dealkylation sites (tertiary alicyclic amines) is 1. The molecule has 0 saturated carbocycles. The molecular formula is C21H26N4O2S. The van der Waals surface area contributed by atoms with Crippen LogP contribution in [0.15, 0.2) is 59.5 Å². The van der Waals surface area contributed by atoms with Gasteiger partial charge in [0.2, 0.25) is 10.0 Å². The van der Waals surface area contributed by atoms with Crippen LogP contribution in [0.3, 0.4) is 0 Å². The molecule has 0 aliphatic carbocycles. The van der Waals surface area contributed by atoms with Gasteiger partial charge in [-0.3, -0.25) is 4.90 Å². The molecule has 0 spiro atoms. The van der Waals surface area contributed by atoms with Gasteiger partial charge in [0.05, 0.1) is 16.5 Å². The summed E-state index contributed by atoms with van der Waals surface area (Å²) in [6.07, 6.45) is 0. The largest absolute Gasteiger partial charge is 0.309 e. The molecule has 148 valence electrons. The van der Waals surface area contributed by atoms with Crippen LogP contribution in [-0.4, -0.2) is 58.0 Å². The summed E-state index contributed by atoms with van der Waals surface area (Å²) in [5.41, 5.74) is 1.67. The Hall–Kier alpha value is -2.24. The lowest BCUT2D eigenvalue weighted by Crippen LogP contribution is -2.43. The van der Waals surface area contributed by atoms with Crippen molar-refractivity contribution in [2.75, 3.05) is 33.7 Å². The number of sulfonamides is 1. The maximum atomic E-state index is 12.9. The van der Waals surface area contributed by atoms with Crippen LogP contribution in [0.4, 0.5) is 0 Å². The van der Waals surface area contributed by atoms with Gasteiger partial charge in [0.25, 0.3) is 0 Å². The fourth-order valence-corrected chi connectivity index (χ4v) is 4.99. The van der Waals surface area contributed by atoms with Crippen LogP contribution in [-0.2, 0) is 16.6 Å². The zero-order valence-corrected chi connectivity index (χ0v) is 17.1. The molecule has 3 rings (SSSR count). The van der Waals surface area contributed by atoms with Gasteiger partial charge in [-0.25, -0.2) is 13.1 Å². The molecule has 1 aliphatic heterocycles. The van der Waals surface area contributed by atoms with Crippen molar-refractivity contribution in [2.24, 2.45) is 5.92 Å². The second kappa shape index (κ2) is 8.84. The molecule has 0 aromatic heterocycles. The van der Waals surface area contributed by atoms with Crippen LogP contribution < -0.4 is 4.72 Å². The molecule has 0 bridgehead atoms. The molecule has 2 aromatic rings. The molecule has 1 N–H and O–H groups in total. The summed E-state index contributed by atoms with van der Waals surface area (Å²) < 4.78 is 28.6. The molecular weight excluding hydrogens is 372 g/mol. The fraction of sp³-hybridized carbons (Fsp3) is 0.381. The van der Waals surface area contributed by atoms with Gasteiger partial charge in [-0.1, -0.05) is 30.3 Å². The van der Waals surface area contributed by atoms with Gasteiger partial charge in [0.15, 0.2) is 0 Å². The monoisotopic (exact) mass is 398 g/mol. The van der Waals surface area contributed by atoms with E-state index < -0.39 is 10.0 Å². The van der Waals surface area contributed by atoms with E-state index in [2.05, 4.69) is 26.7 Å².